The van der Waals surface area contributed by atoms with Gasteiger partial charge in [0.25, 0.3) is 0 Å². The number of rotatable bonds is 3. The van der Waals surface area contributed by atoms with Crippen LogP contribution in [0.5, 0.6) is 0 Å². The van der Waals surface area contributed by atoms with E-state index in [-0.39, 0.29) is 13.2 Å². The zero-order chi connectivity index (χ0) is 11.5. The second kappa shape index (κ2) is 4.64. The first-order valence-electron chi connectivity index (χ1n) is 3.98. The lowest BCUT2D eigenvalue weighted by Gasteiger charge is -2.22. The van der Waals surface area contributed by atoms with Crippen LogP contribution >= 0.6 is 0 Å². The van der Waals surface area contributed by atoms with Gasteiger partial charge >= 0.3 is 15.6 Å². The van der Waals surface area contributed by atoms with E-state index in [1.54, 1.807) is 0 Å². The Bertz CT molecular complexity index is 292. The molecule has 0 aromatic carbocycles. The van der Waals surface area contributed by atoms with E-state index in [4.69, 9.17) is 9.47 Å². The summed E-state index contributed by atoms with van der Waals surface area (Å²) in [6, 6.07) is 0. The molecule has 15 heavy (non-hydrogen) atoms. The monoisotopic (exact) mass is 250 g/mol. The third-order valence-electron chi connectivity index (χ3n) is 1.58. The maximum Gasteiger partial charge on any atom is 0.523 e. The van der Waals surface area contributed by atoms with Crippen LogP contribution in [-0.2, 0) is 23.8 Å². The van der Waals surface area contributed by atoms with Crippen LogP contribution < -0.4 is 0 Å². The maximum absolute atomic E-state index is 11.8. The van der Waals surface area contributed by atoms with Gasteiger partial charge in [-0.25, -0.2) is 0 Å². The smallest absolute Gasteiger partial charge is 0.376 e. The van der Waals surface area contributed by atoms with Crippen molar-refractivity contribution in [1.82, 2.24) is 0 Å². The van der Waals surface area contributed by atoms with E-state index in [1.807, 2.05) is 0 Å². The van der Waals surface area contributed by atoms with E-state index in [2.05, 4.69) is 4.18 Å². The number of hydrogen-bond donors (Lipinski definition) is 0. The minimum Gasteiger partial charge on any atom is -0.376 e. The predicted molar refractivity (Wildman–Crippen MR) is 41.5 cm³/mol. The molecule has 1 fully saturated rings. The van der Waals surface area contributed by atoms with Gasteiger partial charge in [0.2, 0.25) is 0 Å². The molecule has 0 bridgehead atoms. The topological polar surface area (TPSA) is 61.8 Å². The Hall–Kier alpha value is -0.380. The van der Waals surface area contributed by atoms with E-state index in [1.165, 1.54) is 0 Å². The molecule has 1 aliphatic heterocycles. The first-order valence-corrected chi connectivity index (χ1v) is 5.39. The van der Waals surface area contributed by atoms with Crippen LogP contribution in [0.1, 0.15) is 0 Å². The van der Waals surface area contributed by atoms with Gasteiger partial charge in [-0.3, -0.25) is 4.18 Å². The minimum atomic E-state index is -5.53. The van der Waals surface area contributed by atoms with Crippen molar-refractivity contribution in [3.63, 3.8) is 0 Å². The summed E-state index contributed by atoms with van der Waals surface area (Å²) >= 11 is 0. The third kappa shape index (κ3) is 3.59. The molecule has 0 saturated carbocycles. The van der Waals surface area contributed by atoms with Gasteiger partial charge in [-0.1, -0.05) is 0 Å². The summed E-state index contributed by atoms with van der Waals surface area (Å²) in [4.78, 5) is 0. The van der Waals surface area contributed by atoms with E-state index in [9.17, 15) is 21.6 Å². The molecule has 9 heteroatoms. The lowest BCUT2D eigenvalue weighted by atomic mass is 10.4. The fraction of sp³-hybridized carbons (Fsp3) is 1.00. The van der Waals surface area contributed by atoms with Crippen molar-refractivity contribution < 1.29 is 35.2 Å². The molecule has 0 aromatic rings. The Morgan fingerprint density at radius 1 is 1.33 bits per heavy atom. The van der Waals surface area contributed by atoms with Gasteiger partial charge in [-0.2, -0.15) is 21.6 Å². The summed E-state index contributed by atoms with van der Waals surface area (Å²) in [6.07, 6.45) is -0.782. The quantitative estimate of drug-likeness (QED) is 0.531. The molecular formula is C6H9F3O5S. The van der Waals surface area contributed by atoms with Crippen LogP contribution in [0.15, 0.2) is 0 Å². The average Bonchev–Trinajstić information content (AvgIpc) is 2.15. The summed E-state index contributed by atoms with van der Waals surface area (Å²) in [5, 5.41) is 0. The van der Waals surface area contributed by atoms with Gasteiger partial charge in [-0.05, 0) is 0 Å². The molecule has 5 nitrogen and oxygen atoms in total. The van der Waals surface area contributed by atoms with E-state index < -0.39 is 28.3 Å². The van der Waals surface area contributed by atoms with E-state index >= 15 is 0 Å². The van der Waals surface area contributed by atoms with Crippen LogP contribution in [0.3, 0.4) is 0 Å². The molecular weight excluding hydrogens is 241 g/mol. The predicted octanol–water partition coefficient (Wildman–Crippen LogP) is 0.268. The van der Waals surface area contributed by atoms with Crippen molar-refractivity contribution in [2.75, 3.05) is 26.4 Å². The highest BCUT2D eigenvalue weighted by Crippen LogP contribution is 2.24. The fourth-order valence-corrected chi connectivity index (χ4v) is 1.33. The standard InChI is InChI=1S/C6H9F3O5S/c7-6(8,9)15(10,11)14-4-5-3-12-1-2-13-5/h5H,1-4H2/t5-/m1/s1. The first kappa shape index (κ1) is 12.7. The second-order valence-corrected chi connectivity index (χ2v) is 4.36. The SMILES string of the molecule is O=S(=O)(OC[C@H]1COCCO1)C(F)(F)F. The Morgan fingerprint density at radius 2 is 2.00 bits per heavy atom. The van der Waals surface area contributed by atoms with Crippen molar-refractivity contribution >= 4 is 10.1 Å². The van der Waals surface area contributed by atoms with Crippen LogP contribution in [0.25, 0.3) is 0 Å². The van der Waals surface area contributed by atoms with Crippen LogP contribution in [0.4, 0.5) is 13.2 Å². The van der Waals surface area contributed by atoms with E-state index in [0.717, 1.165) is 0 Å². The minimum absolute atomic E-state index is 0.0212. The van der Waals surface area contributed by atoms with Gasteiger partial charge in [0.05, 0.1) is 26.4 Å². The summed E-state index contributed by atoms with van der Waals surface area (Å²) < 4.78 is 69.8. The lowest BCUT2D eigenvalue weighted by molar-refractivity contribution is -0.105. The van der Waals surface area contributed by atoms with Crippen molar-refractivity contribution in [2.24, 2.45) is 0 Å². The zero-order valence-electron chi connectivity index (χ0n) is 7.49. The van der Waals surface area contributed by atoms with Gasteiger partial charge in [0, 0.05) is 0 Å². The molecule has 0 aliphatic carbocycles. The normalized spacial score (nSPS) is 24.1. The Morgan fingerprint density at radius 3 is 2.47 bits per heavy atom. The molecule has 1 aliphatic rings. The Kier molecular flexibility index (Phi) is 3.93. The molecule has 1 atom stereocenters. The van der Waals surface area contributed by atoms with Gasteiger partial charge < -0.3 is 9.47 Å². The number of halogens is 3. The molecule has 0 spiro atoms. The zero-order valence-corrected chi connectivity index (χ0v) is 8.31. The Labute approximate surface area is 84.2 Å². The second-order valence-electron chi connectivity index (χ2n) is 2.75. The molecule has 0 radical (unpaired) electrons. The molecule has 0 unspecified atom stereocenters. The summed E-state index contributed by atoms with van der Waals surface area (Å²) in [7, 11) is -5.53. The molecule has 1 rings (SSSR count). The molecule has 0 N–H and O–H groups in total. The van der Waals surface area contributed by atoms with Gasteiger partial charge in [-0.15, -0.1) is 0 Å². The maximum atomic E-state index is 11.8. The number of ether oxygens (including phenoxy) is 2. The highest BCUT2D eigenvalue weighted by molar-refractivity contribution is 7.87. The summed E-state index contributed by atoms with van der Waals surface area (Å²) in [5.41, 5.74) is -5.40. The molecule has 0 amide bonds. The molecule has 1 heterocycles. The molecule has 0 aromatic heterocycles. The molecule has 90 valence electrons. The average molecular weight is 250 g/mol. The summed E-state index contributed by atoms with van der Waals surface area (Å²) in [6.45, 7) is -0.127. The van der Waals surface area contributed by atoms with Crippen LogP contribution in [-0.4, -0.2) is 46.5 Å². The van der Waals surface area contributed by atoms with Crippen molar-refractivity contribution in [3.05, 3.63) is 0 Å². The fourth-order valence-electron chi connectivity index (χ4n) is 0.865. The van der Waals surface area contributed by atoms with Crippen molar-refractivity contribution in [1.29, 1.82) is 0 Å². The Balaban J connectivity index is 2.42. The number of hydrogen-bond acceptors (Lipinski definition) is 5. The van der Waals surface area contributed by atoms with Gasteiger partial charge in [0.15, 0.2) is 0 Å². The summed E-state index contributed by atoms with van der Waals surface area (Å²) in [5.74, 6) is 0. The lowest BCUT2D eigenvalue weighted by Crippen LogP contribution is -2.35. The largest absolute Gasteiger partial charge is 0.523 e. The number of alkyl halides is 3. The van der Waals surface area contributed by atoms with Crippen LogP contribution in [0.2, 0.25) is 0 Å². The highest BCUT2D eigenvalue weighted by atomic mass is 32.2. The highest BCUT2D eigenvalue weighted by Gasteiger charge is 2.47. The van der Waals surface area contributed by atoms with Crippen LogP contribution in [0, 0.1) is 0 Å². The van der Waals surface area contributed by atoms with Crippen molar-refractivity contribution in [3.8, 4) is 0 Å². The third-order valence-corrected chi connectivity index (χ3v) is 2.59. The van der Waals surface area contributed by atoms with Crippen molar-refractivity contribution in [2.45, 2.75) is 11.6 Å². The van der Waals surface area contributed by atoms with Gasteiger partial charge in [0.1, 0.15) is 6.10 Å². The first-order chi connectivity index (χ1) is 6.83. The van der Waals surface area contributed by atoms with E-state index in [0.29, 0.717) is 6.61 Å². The molecule has 1 saturated heterocycles.